The summed E-state index contributed by atoms with van der Waals surface area (Å²) in [7, 11) is 1.88. The molecule has 0 bridgehead atoms. The molecule has 0 aliphatic carbocycles. The normalized spacial score (nSPS) is 21.4. The Morgan fingerprint density at radius 2 is 1.89 bits per heavy atom. The number of H-pyrrole nitrogens is 1. The van der Waals surface area contributed by atoms with Crippen molar-refractivity contribution in [1.29, 1.82) is 0 Å². The van der Waals surface area contributed by atoms with Crippen molar-refractivity contribution < 1.29 is 9.59 Å². The maximum absolute atomic E-state index is 13.2. The van der Waals surface area contributed by atoms with E-state index in [0.29, 0.717) is 31.9 Å². The third-order valence-electron chi connectivity index (χ3n) is 5.63. The quantitative estimate of drug-likeness (QED) is 0.841. The average molecular weight is 385 g/mol. The Morgan fingerprint density at radius 1 is 1.14 bits per heavy atom. The van der Waals surface area contributed by atoms with Crippen molar-refractivity contribution in [2.75, 3.05) is 37.6 Å². The van der Waals surface area contributed by atoms with Crippen LogP contribution in [0.5, 0.6) is 0 Å². The Balaban J connectivity index is 1.40. The predicted octanol–water partition coefficient (Wildman–Crippen LogP) is 0.713. The topological polar surface area (TPSA) is 90.4 Å². The Labute approximate surface area is 164 Å². The van der Waals surface area contributed by atoms with Gasteiger partial charge < -0.3 is 4.90 Å². The summed E-state index contributed by atoms with van der Waals surface area (Å²) in [6.45, 7) is 7.16. The molecule has 2 aliphatic heterocycles. The van der Waals surface area contributed by atoms with E-state index < -0.39 is 0 Å². The third-order valence-corrected chi connectivity index (χ3v) is 5.63. The van der Waals surface area contributed by atoms with Gasteiger partial charge in [-0.25, -0.2) is 0 Å². The molecule has 28 heavy (non-hydrogen) atoms. The van der Waals surface area contributed by atoms with Gasteiger partial charge in [0.2, 0.25) is 5.91 Å². The maximum Gasteiger partial charge on any atom is 0.274 e. The molecule has 2 aliphatic rings. The highest BCUT2D eigenvalue weighted by Crippen LogP contribution is 2.25. The van der Waals surface area contributed by atoms with Crippen molar-refractivity contribution in [3.8, 4) is 0 Å². The van der Waals surface area contributed by atoms with Crippen molar-refractivity contribution in [2.24, 2.45) is 7.05 Å². The molecule has 1 atom stereocenters. The Kier molecular flexibility index (Phi) is 4.92. The SMILES string of the molecule is Cc1cc(N2CCC[C@H](N3CCN(C(=O)c4cc(C)[nH]n4)CC3)C2=O)n(C)n1. The van der Waals surface area contributed by atoms with Crippen molar-refractivity contribution in [3.05, 3.63) is 29.2 Å². The first-order valence-corrected chi connectivity index (χ1v) is 9.81. The van der Waals surface area contributed by atoms with Crippen LogP contribution in [0, 0.1) is 13.8 Å². The van der Waals surface area contributed by atoms with Crippen LogP contribution in [-0.2, 0) is 11.8 Å². The minimum absolute atomic E-state index is 0.0500. The number of carbonyl (C=O) groups is 2. The van der Waals surface area contributed by atoms with Crippen LogP contribution >= 0.6 is 0 Å². The van der Waals surface area contributed by atoms with Gasteiger partial charge in [0.05, 0.1) is 11.7 Å². The van der Waals surface area contributed by atoms with E-state index in [1.807, 2.05) is 36.8 Å². The lowest BCUT2D eigenvalue weighted by Gasteiger charge is -2.42. The fraction of sp³-hybridized carbons (Fsp3) is 0.579. The molecule has 2 saturated heterocycles. The average Bonchev–Trinajstić information content (AvgIpc) is 3.26. The van der Waals surface area contributed by atoms with Crippen LogP contribution in [0.15, 0.2) is 12.1 Å². The molecule has 0 unspecified atom stereocenters. The van der Waals surface area contributed by atoms with E-state index >= 15 is 0 Å². The van der Waals surface area contributed by atoms with E-state index in [4.69, 9.17) is 0 Å². The number of hydrogen-bond donors (Lipinski definition) is 1. The molecule has 2 fully saturated rings. The first-order valence-electron chi connectivity index (χ1n) is 9.81. The van der Waals surface area contributed by atoms with Gasteiger partial charge in [0.25, 0.3) is 5.91 Å². The number of hydrogen-bond acceptors (Lipinski definition) is 5. The molecule has 9 nitrogen and oxygen atoms in total. The Bertz CT molecular complexity index is 879. The zero-order valence-electron chi connectivity index (χ0n) is 16.7. The number of rotatable bonds is 3. The number of anilines is 1. The summed E-state index contributed by atoms with van der Waals surface area (Å²) < 4.78 is 1.78. The highest BCUT2D eigenvalue weighted by molar-refractivity contribution is 5.97. The largest absolute Gasteiger partial charge is 0.335 e. The summed E-state index contributed by atoms with van der Waals surface area (Å²) in [5.74, 6) is 0.942. The van der Waals surface area contributed by atoms with Crippen LogP contribution in [0.3, 0.4) is 0 Å². The van der Waals surface area contributed by atoms with Gasteiger partial charge in [0.1, 0.15) is 11.5 Å². The van der Waals surface area contributed by atoms with E-state index in [-0.39, 0.29) is 17.9 Å². The molecule has 0 saturated carbocycles. The van der Waals surface area contributed by atoms with E-state index in [1.54, 1.807) is 10.7 Å². The van der Waals surface area contributed by atoms with E-state index in [1.165, 1.54) is 0 Å². The number of piperidine rings is 1. The zero-order valence-corrected chi connectivity index (χ0v) is 16.7. The summed E-state index contributed by atoms with van der Waals surface area (Å²) >= 11 is 0. The fourth-order valence-electron chi connectivity index (χ4n) is 4.20. The van der Waals surface area contributed by atoms with Gasteiger partial charge in [-0.3, -0.25) is 29.2 Å². The van der Waals surface area contributed by atoms with Crippen LogP contribution in [0.4, 0.5) is 5.82 Å². The van der Waals surface area contributed by atoms with Crippen LogP contribution < -0.4 is 4.90 Å². The van der Waals surface area contributed by atoms with Gasteiger partial charge in [-0.05, 0) is 32.8 Å². The maximum atomic E-state index is 13.2. The lowest BCUT2D eigenvalue weighted by Crippen LogP contribution is -2.58. The summed E-state index contributed by atoms with van der Waals surface area (Å²) in [5.41, 5.74) is 2.24. The first kappa shape index (κ1) is 18.7. The highest BCUT2D eigenvalue weighted by Gasteiger charge is 2.37. The number of aryl methyl sites for hydroxylation is 3. The van der Waals surface area contributed by atoms with Crippen LogP contribution in [0.25, 0.3) is 0 Å². The summed E-state index contributed by atoms with van der Waals surface area (Å²) in [6, 6.07) is 3.60. The number of nitrogens with zero attached hydrogens (tertiary/aromatic N) is 6. The highest BCUT2D eigenvalue weighted by atomic mass is 16.2. The molecule has 0 radical (unpaired) electrons. The zero-order chi connectivity index (χ0) is 19.8. The van der Waals surface area contributed by atoms with Crippen LogP contribution in [0.2, 0.25) is 0 Å². The monoisotopic (exact) mass is 385 g/mol. The standard InChI is InChI=1S/C19H27N7O2/c1-13-11-15(21-20-13)18(27)25-9-7-24(8-10-25)16-5-4-6-26(19(16)28)17-12-14(2)22-23(17)3/h11-12,16H,4-10H2,1-3H3,(H,20,21)/t16-/m0/s1. The number of nitrogens with one attached hydrogen (secondary N) is 1. The fourth-order valence-corrected chi connectivity index (χ4v) is 4.20. The minimum atomic E-state index is -0.131. The second-order valence-electron chi connectivity index (χ2n) is 7.68. The van der Waals surface area contributed by atoms with Gasteiger partial charge in [0.15, 0.2) is 0 Å². The molecule has 1 N–H and O–H groups in total. The van der Waals surface area contributed by atoms with Gasteiger partial charge in [-0.2, -0.15) is 10.2 Å². The van der Waals surface area contributed by atoms with Crippen molar-refractivity contribution in [1.82, 2.24) is 29.8 Å². The van der Waals surface area contributed by atoms with Crippen molar-refractivity contribution in [3.63, 3.8) is 0 Å². The number of piperazine rings is 1. The lowest BCUT2D eigenvalue weighted by molar-refractivity contribution is -0.126. The number of amides is 2. The molecule has 0 aromatic carbocycles. The number of aromatic nitrogens is 4. The van der Waals surface area contributed by atoms with Crippen LogP contribution in [-0.4, -0.2) is 80.4 Å². The molecule has 4 heterocycles. The molecule has 9 heteroatoms. The molecule has 0 spiro atoms. The minimum Gasteiger partial charge on any atom is -0.335 e. The van der Waals surface area contributed by atoms with Crippen molar-refractivity contribution in [2.45, 2.75) is 32.7 Å². The van der Waals surface area contributed by atoms with E-state index in [0.717, 1.165) is 36.6 Å². The van der Waals surface area contributed by atoms with Crippen molar-refractivity contribution >= 4 is 17.6 Å². The van der Waals surface area contributed by atoms with E-state index in [2.05, 4.69) is 20.2 Å². The Morgan fingerprint density at radius 3 is 2.50 bits per heavy atom. The number of carbonyl (C=O) groups excluding carboxylic acids is 2. The third kappa shape index (κ3) is 3.42. The predicted molar refractivity (Wildman–Crippen MR) is 104 cm³/mol. The molecule has 2 aromatic heterocycles. The summed E-state index contributed by atoms with van der Waals surface area (Å²) in [5, 5.41) is 11.3. The molecular formula is C19H27N7O2. The van der Waals surface area contributed by atoms with Gasteiger partial charge in [0, 0.05) is 51.5 Å². The van der Waals surface area contributed by atoms with E-state index in [9.17, 15) is 9.59 Å². The second kappa shape index (κ2) is 7.38. The summed E-state index contributed by atoms with van der Waals surface area (Å²) in [6.07, 6.45) is 1.82. The Hall–Kier alpha value is -2.68. The van der Waals surface area contributed by atoms with Crippen LogP contribution in [0.1, 0.15) is 34.7 Å². The molecule has 150 valence electrons. The molecule has 2 amide bonds. The smallest absolute Gasteiger partial charge is 0.274 e. The molecule has 2 aromatic rings. The summed E-state index contributed by atoms with van der Waals surface area (Å²) in [4.78, 5) is 31.7. The number of aromatic amines is 1. The van der Waals surface area contributed by atoms with Gasteiger partial charge >= 0.3 is 0 Å². The second-order valence-corrected chi connectivity index (χ2v) is 7.68. The van der Waals surface area contributed by atoms with Gasteiger partial charge in [-0.15, -0.1) is 0 Å². The molecular weight excluding hydrogens is 358 g/mol. The van der Waals surface area contributed by atoms with Gasteiger partial charge in [-0.1, -0.05) is 0 Å². The molecule has 4 rings (SSSR count). The first-order chi connectivity index (χ1) is 13.4. The lowest BCUT2D eigenvalue weighted by atomic mass is 10.0.